The van der Waals surface area contributed by atoms with Crippen LogP contribution in [0.5, 0.6) is 0 Å². The Labute approximate surface area is 123 Å². The molecule has 2 atom stereocenters. The number of likely N-dealkylation sites (N-methyl/N-ethyl adjacent to an activating group) is 1. The summed E-state index contributed by atoms with van der Waals surface area (Å²) < 4.78 is 0. The first-order valence-corrected chi connectivity index (χ1v) is 7.95. The van der Waals surface area contributed by atoms with Crippen LogP contribution in [0, 0.1) is 5.92 Å². The van der Waals surface area contributed by atoms with Crippen LogP contribution in [0.1, 0.15) is 30.5 Å². The molecule has 110 valence electrons. The molecule has 1 saturated heterocycles. The van der Waals surface area contributed by atoms with Crippen LogP contribution < -0.4 is 10.2 Å². The summed E-state index contributed by atoms with van der Waals surface area (Å²) in [7, 11) is 4.47. The van der Waals surface area contributed by atoms with Crippen molar-refractivity contribution in [2.75, 3.05) is 45.2 Å². The van der Waals surface area contributed by atoms with Crippen LogP contribution in [-0.4, -0.2) is 45.2 Å². The number of rotatable bonds is 4. The summed E-state index contributed by atoms with van der Waals surface area (Å²) in [5, 5.41) is 3.53. The van der Waals surface area contributed by atoms with E-state index in [2.05, 4.69) is 54.3 Å². The van der Waals surface area contributed by atoms with Crippen LogP contribution in [0.3, 0.4) is 0 Å². The van der Waals surface area contributed by atoms with Crippen molar-refractivity contribution in [3.8, 4) is 0 Å². The van der Waals surface area contributed by atoms with E-state index in [1.165, 1.54) is 42.7 Å². The maximum atomic E-state index is 3.53. The van der Waals surface area contributed by atoms with Gasteiger partial charge in [-0.2, -0.15) is 0 Å². The van der Waals surface area contributed by atoms with Gasteiger partial charge in [0, 0.05) is 25.3 Å². The molecule has 3 nitrogen and oxygen atoms in total. The zero-order chi connectivity index (χ0) is 14.1. The zero-order valence-electron chi connectivity index (χ0n) is 13.0. The molecule has 1 aromatic rings. The van der Waals surface area contributed by atoms with E-state index in [9.17, 15) is 0 Å². The lowest BCUT2D eigenvalue weighted by molar-refractivity contribution is 0.273. The van der Waals surface area contributed by atoms with E-state index in [0.717, 1.165) is 19.0 Å². The predicted octanol–water partition coefficient (Wildman–Crippen LogP) is 2.28. The summed E-state index contributed by atoms with van der Waals surface area (Å²) in [5.41, 5.74) is 4.48. The summed E-state index contributed by atoms with van der Waals surface area (Å²) >= 11 is 0. The largest absolute Gasteiger partial charge is 0.374 e. The van der Waals surface area contributed by atoms with Gasteiger partial charge in [0.15, 0.2) is 0 Å². The average molecular weight is 273 g/mol. The molecule has 3 heteroatoms. The summed E-state index contributed by atoms with van der Waals surface area (Å²) in [5.74, 6) is 0.747. The lowest BCUT2D eigenvalue weighted by Crippen LogP contribution is -2.28. The predicted molar refractivity (Wildman–Crippen MR) is 85.4 cm³/mol. The molecule has 1 N–H and O–H groups in total. The smallest absolute Gasteiger partial charge is 0.0397 e. The van der Waals surface area contributed by atoms with Crippen molar-refractivity contribution in [3.05, 3.63) is 29.3 Å². The van der Waals surface area contributed by atoms with Gasteiger partial charge in [0.2, 0.25) is 0 Å². The first kappa shape index (κ1) is 13.9. The molecule has 2 unspecified atom stereocenters. The van der Waals surface area contributed by atoms with Crippen molar-refractivity contribution in [2.45, 2.75) is 25.8 Å². The molecule has 0 radical (unpaired) electrons. The molecular formula is C17H27N3. The van der Waals surface area contributed by atoms with Crippen molar-refractivity contribution >= 4 is 5.69 Å². The van der Waals surface area contributed by atoms with Gasteiger partial charge in [0.1, 0.15) is 0 Å². The van der Waals surface area contributed by atoms with E-state index in [0.29, 0.717) is 6.04 Å². The number of benzene rings is 1. The second kappa shape index (κ2) is 5.74. The average Bonchev–Trinajstić information content (AvgIpc) is 3.00. The molecule has 0 amide bonds. The Balaban J connectivity index is 1.83. The number of nitrogens with zero attached hydrogens (tertiary/aromatic N) is 2. The van der Waals surface area contributed by atoms with Gasteiger partial charge in [0.25, 0.3) is 0 Å². The summed E-state index contributed by atoms with van der Waals surface area (Å²) in [4.78, 5) is 4.90. The van der Waals surface area contributed by atoms with Gasteiger partial charge in [-0.1, -0.05) is 19.1 Å². The molecule has 3 rings (SSSR count). The molecule has 0 bridgehead atoms. The van der Waals surface area contributed by atoms with Gasteiger partial charge >= 0.3 is 0 Å². The molecule has 1 fully saturated rings. The first-order chi connectivity index (χ1) is 9.70. The highest BCUT2D eigenvalue weighted by Gasteiger charge is 2.33. The van der Waals surface area contributed by atoms with Crippen molar-refractivity contribution < 1.29 is 0 Å². The van der Waals surface area contributed by atoms with Gasteiger partial charge < -0.3 is 10.2 Å². The van der Waals surface area contributed by atoms with Crippen LogP contribution in [0.4, 0.5) is 5.69 Å². The second-order valence-electron chi connectivity index (χ2n) is 6.34. The molecule has 20 heavy (non-hydrogen) atoms. The highest BCUT2D eigenvalue weighted by molar-refractivity contribution is 5.58. The Morgan fingerprint density at radius 2 is 2.10 bits per heavy atom. The minimum absolute atomic E-state index is 0.588. The molecule has 0 aliphatic carbocycles. The Kier molecular flexibility index (Phi) is 3.99. The molecule has 0 aromatic heterocycles. The molecule has 2 aliphatic rings. The van der Waals surface area contributed by atoms with Crippen molar-refractivity contribution in [2.24, 2.45) is 5.92 Å². The molecule has 2 heterocycles. The van der Waals surface area contributed by atoms with Crippen molar-refractivity contribution in [1.82, 2.24) is 10.2 Å². The third kappa shape index (κ3) is 2.45. The van der Waals surface area contributed by atoms with Gasteiger partial charge in [-0.25, -0.2) is 0 Å². The molecule has 2 aliphatic heterocycles. The lowest BCUT2D eigenvalue weighted by Gasteiger charge is -2.26. The van der Waals surface area contributed by atoms with Crippen LogP contribution in [0.25, 0.3) is 0 Å². The standard InChI is InChI=1S/C17H27N3/c1-4-18-12-15-8-10-20(3)17(15)14-5-6-16-13(11-14)7-9-19(16)2/h5-6,11,15,17-18H,4,7-10,12H2,1-3H3. The monoisotopic (exact) mass is 273 g/mol. The summed E-state index contributed by atoms with van der Waals surface area (Å²) in [6, 6.07) is 7.73. The van der Waals surface area contributed by atoms with E-state index >= 15 is 0 Å². The van der Waals surface area contributed by atoms with Gasteiger partial charge in [0.05, 0.1) is 0 Å². The quantitative estimate of drug-likeness (QED) is 0.908. The van der Waals surface area contributed by atoms with E-state index in [-0.39, 0.29) is 0 Å². The Morgan fingerprint density at radius 3 is 2.90 bits per heavy atom. The first-order valence-electron chi connectivity index (χ1n) is 7.95. The van der Waals surface area contributed by atoms with E-state index < -0.39 is 0 Å². The number of fused-ring (bicyclic) bond motifs is 1. The number of hydrogen-bond acceptors (Lipinski definition) is 3. The number of likely N-dealkylation sites (tertiary alicyclic amines) is 1. The third-order valence-corrected chi connectivity index (χ3v) is 5.00. The lowest BCUT2D eigenvalue weighted by atomic mass is 9.92. The normalized spacial score (nSPS) is 26.2. The number of anilines is 1. The fraction of sp³-hybridized carbons (Fsp3) is 0.647. The topological polar surface area (TPSA) is 18.5 Å². The molecular weight excluding hydrogens is 246 g/mol. The van der Waals surface area contributed by atoms with Crippen LogP contribution in [0.15, 0.2) is 18.2 Å². The highest BCUT2D eigenvalue weighted by Crippen LogP contribution is 2.38. The summed E-state index contributed by atoms with van der Waals surface area (Å²) in [6.07, 6.45) is 2.51. The summed E-state index contributed by atoms with van der Waals surface area (Å²) in [6.45, 7) is 6.79. The van der Waals surface area contributed by atoms with Crippen LogP contribution in [-0.2, 0) is 6.42 Å². The minimum atomic E-state index is 0.588. The zero-order valence-corrected chi connectivity index (χ0v) is 13.0. The maximum absolute atomic E-state index is 3.53. The fourth-order valence-electron chi connectivity index (χ4n) is 3.87. The maximum Gasteiger partial charge on any atom is 0.0397 e. The van der Waals surface area contributed by atoms with E-state index in [4.69, 9.17) is 0 Å². The number of nitrogens with one attached hydrogen (secondary N) is 1. The molecule has 0 spiro atoms. The van der Waals surface area contributed by atoms with Crippen LogP contribution in [0.2, 0.25) is 0 Å². The SMILES string of the molecule is CCNCC1CCN(C)C1c1ccc2c(c1)CCN2C. The van der Waals surface area contributed by atoms with Crippen LogP contribution >= 0.6 is 0 Å². The second-order valence-corrected chi connectivity index (χ2v) is 6.34. The van der Waals surface area contributed by atoms with E-state index in [1.807, 2.05) is 0 Å². The minimum Gasteiger partial charge on any atom is -0.374 e. The van der Waals surface area contributed by atoms with Gasteiger partial charge in [-0.05, 0) is 62.6 Å². The number of hydrogen-bond donors (Lipinski definition) is 1. The molecule has 1 aromatic carbocycles. The third-order valence-electron chi connectivity index (χ3n) is 5.00. The van der Waals surface area contributed by atoms with E-state index in [1.54, 1.807) is 0 Å². The molecule has 0 saturated carbocycles. The van der Waals surface area contributed by atoms with Gasteiger partial charge in [-0.15, -0.1) is 0 Å². The van der Waals surface area contributed by atoms with Gasteiger partial charge in [-0.3, -0.25) is 4.90 Å². The van der Waals surface area contributed by atoms with Crippen molar-refractivity contribution in [3.63, 3.8) is 0 Å². The Morgan fingerprint density at radius 1 is 1.25 bits per heavy atom. The fourth-order valence-corrected chi connectivity index (χ4v) is 3.87. The van der Waals surface area contributed by atoms with Crippen molar-refractivity contribution in [1.29, 1.82) is 0 Å². The highest BCUT2D eigenvalue weighted by atomic mass is 15.2. The Hall–Kier alpha value is -1.06. The Bertz CT molecular complexity index is 471.